The molecule has 1 heterocycles. The summed E-state index contributed by atoms with van der Waals surface area (Å²) >= 11 is 0. The molecule has 4 aromatic carbocycles. The second-order valence-corrected chi connectivity index (χ2v) is 10.6. The highest BCUT2D eigenvalue weighted by Crippen LogP contribution is 2.39. The molecule has 1 aliphatic heterocycles. The summed E-state index contributed by atoms with van der Waals surface area (Å²) in [5.41, 5.74) is -2.47. The highest BCUT2D eigenvalue weighted by atomic mass is 19.3. The highest BCUT2D eigenvalue weighted by molar-refractivity contribution is 5.72. The smallest absolute Gasteiger partial charge is 0.432 e. The zero-order chi connectivity index (χ0) is 33.9. The zero-order valence-corrected chi connectivity index (χ0v) is 25.1. The third kappa shape index (κ3) is 7.44. The van der Waals surface area contributed by atoms with Crippen molar-refractivity contribution >= 4 is 0 Å². The van der Waals surface area contributed by atoms with E-state index in [4.69, 9.17) is 14.2 Å². The Balaban J connectivity index is 1.32. The molecule has 0 N–H and O–H groups in total. The molecule has 4 aromatic rings. The lowest BCUT2D eigenvalue weighted by Gasteiger charge is -2.28. The van der Waals surface area contributed by atoms with Crippen molar-refractivity contribution in [2.24, 2.45) is 5.92 Å². The third-order valence-electron chi connectivity index (χ3n) is 7.26. The maximum atomic E-state index is 15.1. The van der Waals surface area contributed by atoms with E-state index in [1.807, 2.05) is 19.1 Å². The van der Waals surface area contributed by atoms with E-state index in [0.717, 1.165) is 42.8 Å². The van der Waals surface area contributed by atoms with Crippen LogP contribution in [0.1, 0.15) is 37.7 Å². The second kappa shape index (κ2) is 14.1. The lowest BCUT2D eigenvalue weighted by Crippen LogP contribution is -2.28. The minimum atomic E-state index is -4.57. The zero-order valence-electron chi connectivity index (χ0n) is 25.1. The number of hydrogen-bond donors (Lipinski definition) is 0. The number of ether oxygens (including phenoxy) is 4. The van der Waals surface area contributed by atoms with Gasteiger partial charge in [-0.1, -0.05) is 31.2 Å². The quantitative estimate of drug-likeness (QED) is 0.125. The largest absolute Gasteiger partial charge is 0.488 e. The molecule has 0 aromatic heterocycles. The second-order valence-electron chi connectivity index (χ2n) is 10.6. The van der Waals surface area contributed by atoms with Crippen LogP contribution in [-0.2, 0) is 15.6 Å². The van der Waals surface area contributed by atoms with Gasteiger partial charge in [0, 0.05) is 28.7 Å². The number of hydrogen-bond acceptors (Lipinski definition) is 4. The van der Waals surface area contributed by atoms with Gasteiger partial charge in [-0.15, -0.1) is 0 Å². The van der Waals surface area contributed by atoms with Gasteiger partial charge in [-0.2, -0.15) is 8.78 Å². The summed E-state index contributed by atoms with van der Waals surface area (Å²) in [6, 6.07) is 8.85. The van der Waals surface area contributed by atoms with E-state index in [9.17, 15) is 17.6 Å². The van der Waals surface area contributed by atoms with Crippen LogP contribution in [-0.4, -0.2) is 19.8 Å². The van der Waals surface area contributed by atoms with Crippen molar-refractivity contribution in [2.75, 3.05) is 19.8 Å². The molecule has 0 unspecified atom stereocenters. The van der Waals surface area contributed by atoms with Crippen molar-refractivity contribution in [3.8, 4) is 33.8 Å². The first-order valence-electron chi connectivity index (χ1n) is 14.6. The first kappa shape index (κ1) is 33.9. The Morgan fingerprint density at radius 3 is 1.87 bits per heavy atom. The van der Waals surface area contributed by atoms with Crippen LogP contribution in [0.4, 0.5) is 35.1 Å². The lowest BCUT2D eigenvalue weighted by molar-refractivity contribution is -0.198. The average molecular weight is 665 g/mol. The normalized spacial score (nSPS) is 16.9. The SMILES string of the molecule is CC/C=C/C1COC(c2cc(F)c(C(F)(F)Oc3ccc(-c4ccc(-c5cc(F)c(OCC)c(F)c5)c(F)c4)c(F)c3)c(F)c2)OC1. The maximum absolute atomic E-state index is 15.1. The molecule has 1 fully saturated rings. The summed E-state index contributed by atoms with van der Waals surface area (Å²) in [6.07, 6.45) is -1.12. The molecule has 248 valence electrons. The van der Waals surface area contributed by atoms with Crippen LogP contribution in [0.15, 0.2) is 72.8 Å². The average Bonchev–Trinajstić information content (AvgIpc) is 3.01. The first-order valence-corrected chi connectivity index (χ1v) is 14.6. The summed E-state index contributed by atoms with van der Waals surface area (Å²) < 4.78 is 139. The fourth-order valence-electron chi connectivity index (χ4n) is 5.06. The van der Waals surface area contributed by atoms with Crippen LogP contribution < -0.4 is 9.47 Å². The summed E-state index contributed by atoms with van der Waals surface area (Å²) in [4.78, 5) is 0. The van der Waals surface area contributed by atoms with E-state index < -0.39 is 64.4 Å². The molecule has 5 rings (SSSR count). The van der Waals surface area contributed by atoms with E-state index in [2.05, 4.69) is 4.74 Å². The van der Waals surface area contributed by atoms with Crippen LogP contribution in [0.3, 0.4) is 0 Å². The van der Waals surface area contributed by atoms with Gasteiger partial charge >= 0.3 is 6.11 Å². The van der Waals surface area contributed by atoms with E-state index in [1.165, 1.54) is 13.0 Å². The molecule has 0 atom stereocenters. The Labute approximate surface area is 265 Å². The molecular weight excluding hydrogens is 636 g/mol. The van der Waals surface area contributed by atoms with Crippen molar-refractivity contribution in [3.63, 3.8) is 0 Å². The summed E-state index contributed by atoms with van der Waals surface area (Å²) in [7, 11) is 0. The summed E-state index contributed by atoms with van der Waals surface area (Å²) in [6.45, 7) is 3.90. The van der Waals surface area contributed by atoms with Crippen molar-refractivity contribution in [2.45, 2.75) is 32.7 Å². The van der Waals surface area contributed by atoms with Gasteiger partial charge < -0.3 is 18.9 Å². The molecule has 47 heavy (non-hydrogen) atoms. The van der Waals surface area contributed by atoms with Gasteiger partial charge in [0.1, 0.15) is 34.6 Å². The number of benzene rings is 4. The Morgan fingerprint density at radius 1 is 0.723 bits per heavy atom. The van der Waals surface area contributed by atoms with Gasteiger partial charge in [0.25, 0.3) is 0 Å². The fourth-order valence-corrected chi connectivity index (χ4v) is 5.06. The number of halogens is 8. The van der Waals surface area contributed by atoms with Crippen LogP contribution in [0, 0.1) is 40.8 Å². The van der Waals surface area contributed by atoms with Gasteiger partial charge in [-0.25, -0.2) is 26.3 Å². The van der Waals surface area contributed by atoms with Crippen LogP contribution in [0.5, 0.6) is 11.5 Å². The van der Waals surface area contributed by atoms with Gasteiger partial charge in [-0.05, 0) is 66.9 Å². The van der Waals surface area contributed by atoms with Crippen LogP contribution >= 0.6 is 0 Å². The van der Waals surface area contributed by atoms with Gasteiger partial charge in [0.15, 0.2) is 23.7 Å². The fraction of sp³-hybridized carbons (Fsp3) is 0.257. The molecule has 1 aliphatic rings. The number of alkyl halides is 2. The molecule has 0 aliphatic carbocycles. The summed E-state index contributed by atoms with van der Waals surface area (Å²) in [5.74, 6) is -8.88. The van der Waals surface area contributed by atoms with Crippen LogP contribution in [0.25, 0.3) is 22.3 Å². The predicted octanol–water partition coefficient (Wildman–Crippen LogP) is 10.0. The first-order chi connectivity index (χ1) is 22.4. The maximum Gasteiger partial charge on any atom is 0.432 e. The number of rotatable bonds is 10. The van der Waals surface area contributed by atoms with E-state index in [1.54, 1.807) is 0 Å². The van der Waals surface area contributed by atoms with E-state index in [-0.39, 0.29) is 53.6 Å². The highest BCUT2D eigenvalue weighted by Gasteiger charge is 2.42. The molecule has 0 bridgehead atoms. The summed E-state index contributed by atoms with van der Waals surface area (Å²) in [5, 5.41) is 0. The Bertz CT molecular complexity index is 1740. The van der Waals surface area contributed by atoms with Crippen molar-refractivity contribution < 1.29 is 54.1 Å². The molecule has 12 heteroatoms. The van der Waals surface area contributed by atoms with Crippen molar-refractivity contribution in [1.29, 1.82) is 0 Å². The third-order valence-corrected chi connectivity index (χ3v) is 7.26. The predicted molar refractivity (Wildman–Crippen MR) is 157 cm³/mol. The molecular formula is C35H28F8O4. The molecule has 0 spiro atoms. The minimum absolute atomic E-state index is 0.00823. The van der Waals surface area contributed by atoms with Crippen molar-refractivity contribution in [1.82, 2.24) is 0 Å². The molecule has 0 saturated carbocycles. The molecule has 0 radical (unpaired) electrons. The monoisotopic (exact) mass is 664 g/mol. The van der Waals surface area contributed by atoms with Gasteiger partial charge in [0.05, 0.1) is 19.8 Å². The van der Waals surface area contributed by atoms with Gasteiger partial charge in [-0.3, -0.25) is 0 Å². The van der Waals surface area contributed by atoms with Crippen LogP contribution in [0.2, 0.25) is 0 Å². The Kier molecular flexibility index (Phi) is 10.2. The van der Waals surface area contributed by atoms with E-state index >= 15 is 17.6 Å². The van der Waals surface area contributed by atoms with E-state index in [0.29, 0.717) is 18.2 Å². The van der Waals surface area contributed by atoms with Gasteiger partial charge in [0.2, 0.25) is 0 Å². The molecule has 1 saturated heterocycles. The van der Waals surface area contributed by atoms with Crippen molar-refractivity contribution in [3.05, 3.63) is 119 Å². The topological polar surface area (TPSA) is 36.9 Å². The Morgan fingerprint density at radius 2 is 1.30 bits per heavy atom. The molecule has 0 amide bonds. The standard InChI is InChI=1S/C35H28F8O4/c1-3-5-6-19-17-45-34(46-18-19)22-14-28(38)32(29(39)15-22)35(42,43)47-23-8-10-24(27(37)16-23)20-7-9-25(26(36)11-20)21-12-30(40)33(44-4-2)31(41)13-21/h5-16,19,34H,3-4,17-18H2,1-2H3/b6-5+. The minimum Gasteiger partial charge on any atom is -0.488 e. The number of allylic oxidation sites excluding steroid dienone is 1. The molecule has 4 nitrogen and oxygen atoms in total. The lowest BCUT2D eigenvalue weighted by atomic mass is 9.99. The Hall–Kier alpha value is -4.42.